The molecule has 0 amide bonds. The van der Waals surface area contributed by atoms with E-state index in [1.807, 2.05) is 54.4 Å². The molecule has 1 aliphatic carbocycles. The maximum atomic E-state index is 9.01. The molecule has 0 radical (unpaired) electrons. The standard InChI is InChI=1S/C19H20N2O2/c1-21(12-13-22)16-9-7-15(8-10-16)20-19-17-5-3-2-4-14(17)6-11-18(19)23/h2-7,9-11,22-23H,8,12-13H2,1H3/p+1. The molecule has 3 N–H and O–H groups in total. The van der Waals surface area contributed by atoms with Crippen molar-refractivity contribution in [2.45, 2.75) is 6.42 Å². The first-order chi connectivity index (χ1) is 11.2. The van der Waals surface area contributed by atoms with Crippen LogP contribution in [0.5, 0.6) is 5.75 Å². The van der Waals surface area contributed by atoms with Crippen molar-refractivity contribution in [2.75, 3.05) is 20.2 Å². The van der Waals surface area contributed by atoms with Crippen molar-refractivity contribution in [3.63, 3.8) is 0 Å². The number of nitrogens with zero attached hydrogens (tertiary/aromatic N) is 2. The predicted molar refractivity (Wildman–Crippen MR) is 95.7 cm³/mol. The fraction of sp³-hybridized carbons (Fsp3) is 0.211. The van der Waals surface area contributed by atoms with Gasteiger partial charge in [0.15, 0.2) is 5.69 Å². The zero-order chi connectivity index (χ0) is 16.2. The average Bonchev–Trinajstić information content (AvgIpc) is 2.58. The fourth-order valence-electron chi connectivity index (χ4n) is 2.69. The van der Waals surface area contributed by atoms with Gasteiger partial charge in [0.25, 0.3) is 5.75 Å². The number of aliphatic hydroxyl groups is 1. The van der Waals surface area contributed by atoms with E-state index >= 15 is 0 Å². The van der Waals surface area contributed by atoms with Crippen molar-refractivity contribution < 1.29 is 10.2 Å². The first-order valence-electron chi connectivity index (χ1n) is 7.70. The molecule has 0 unspecified atom stereocenters. The van der Waals surface area contributed by atoms with Crippen molar-refractivity contribution >= 4 is 22.2 Å². The van der Waals surface area contributed by atoms with E-state index in [9.17, 15) is 0 Å². The number of aliphatic hydroxyl groups excluding tert-OH is 1. The summed E-state index contributed by atoms with van der Waals surface area (Å²) in [6.07, 6.45) is 6.82. The second-order valence-corrected chi connectivity index (χ2v) is 5.60. The van der Waals surface area contributed by atoms with Crippen LogP contribution in [-0.2, 0) is 0 Å². The molecule has 0 saturated heterocycles. The number of aliphatic imine (C=N–C) groups is 1. The molecular weight excluding hydrogens is 288 g/mol. The van der Waals surface area contributed by atoms with E-state index in [1.165, 1.54) is 0 Å². The maximum Gasteiger partial charge on any atom is 0.280 e. The first-order valence-corrected chi connectivity index (χ1v) is 7.70. The summed E-state index contributed by atoms with van der Waals surface area (Å²) in [7, 11) is 1.96. The van der Waals surface area contributed by atoms with Crippen LogP contribution in [-0.4, -0.2) is 41.0 Å². The second kappa shape index (κ2) is 6.67. The smallest absolute Gasteiger partial charge is 0.280 e. The molecule has 2 aromatic rings. The van der Waals surface area contributed by atoms with Crippen molar-refractivity contribution in [2.24, 2.45) is 4.99 Å². The maximum absolute atomic E-state index is 9.01. The average molecular weight is 309 g/mol. The van der Waals surface area contributed by atoms with E-state index in [-0.39, 0.29) is 6.61 Å². The molecule has 0 aromatic heterocycles. The predicted octanol–water partition coefficient (Wildman–Crippen LogP) is 3.12. The summed E-state index contributed by atoms with van der Waals surface area (Å²) in [5.41, 5.74) is 2.75. The Morgan fingerprint density at radius 2 is 2.00 bits per heavy atom. The molecule has 4 heteroatoms. The van der Waals surface area contributed by atoms with E-state index < -0.39 is 0 Å². The highest BCUT2D eigenvalue weighted by Crippen LogP contribution is 2.35. The third kappa shape index (κ3) is 3.27. The van der Waals surface area contributed by atoms with Gasteiger partial charge in [-0.2, -0.15) is 0 Å². The number of allylic oxidation sites excluding steroid dienone is 3. The molecule has 0 heterocycles. The summed E-state index contributed by atoms with van der Waals surface area (Å²) < 4.78 is 0. The number of hydrogen-bond donors (Lipinski definition) is 1. The summed E-state index contributed by atoms with van der Waals surface area (Å²) >= 11 is 0. The van der Waals surface area contributed by atoms with Crippen LogP contribution >= 0.6 is 0 Å². The zero-order valence-electron chi connectivity index (χ0n) is 13.2. The van der Waals surface area contributed by atoms with Gasteiger partial charge in [-0.1, -0.05) is 30.3 Å². The summed E-state index contributed by atoms with van der Waals surface area (Å²) in [6.45, 7) is 0.754. The largest absolute Gasteiger partial charge is 0.592 e. The van der Waals surface area contributed by atoms with Crippen LogP contribution < -0.4 is 0 Å². The Kier molecular flexibility index (Phi) is 4.44. The molecule has 0 atom stereocenters. The Morgan fingerprint density at radius 1 is 1.17 bits per heavy atom. The van der Waals surface area contributed by atoms with Gasteiger partial charge in [0.2, 0.25) is 0 Å². The Bertz CT molecular complexity index is 806. The third-order valence-electron chi connectivity index (χ3n) is 4.00. The summed E-state index contributed by atoms with van der Waals surface area (Å²) in [5.74, 6) is 0.441. The molecule has 0 spiro atoms. The molecule has 0 aliphatic heterocycles. The molecule has 4 nitrogen and oxygen atoms in total. The molecular formula is C19H21N2O2+. The third-order valence-corrected chi connectivity index (χ3v) is 4.00. The minimum atomic E-state index is 0.140. The highest BCUT2D eigenvalue weighted by Gasteiger charge is 2.12. The Labute approximate surface area is 135 Å². The van der Waals surface area contributed by atoms with Gasteiger partial charge in [-0.15, -0.1) is 0 Å². The fourth-order valence-corrected chi connectivity index (χ4v) is 2.69. The van der Waals surface area contributed by atoms with E-state index in [2.05, 4.69) is 6.08 Å². The van der Waals surface area contributed by atoms with Crippen LogP contribution in [0.1, 0.15) is 6.42 Å². The number of hydrogen-bond acceptors (Lipinski definition) is 3. The molecule has 1 aliphatic rings. The number of likely N-dealkylation sites (N-methyl/N-ethyl adjacent to an activating group) is 1. The van der Waals surface area contributed by atoms with Gasteiger partial charge in [-0.05, 0) is 23.6 Å². The highest BCUT2D eigenvalue weighted by molar-refractivity contribution is 6.03. The molecule has 118 valence electrons. The van der Waals surface area contributed by atoms with E-state index in [0.717, 1.165) is 34.3 Å². The molecule has 0 saturated carbocycles. The highest BCUT2D eigenvalue weighted by atomic mass is 16.3. The Balaban J connectivity index is 1.90. The van der Waals surface area contributed by atoms with Gasteiger partial charge in [0.05, 0.1) is 6.61 Å². The van der Waals surface area contributed by atoms with Crippen LogP contribution in [0.15, 0.2) is 65.3 Å². The summed E-state index contributed by atoms with van der Waals surface area (Å²) in [5, 5.41) is 19.3. The van der Waals surface area contributed by atoms with Crippen LogP contribution in [0.3, 0.4) is 0 Å². The number of rotatable bonds is 4. The second-order valence-electron chi connectivity index (χ2n) is 5.60. The van der Waals surface area contributed by atoms with Gasteiger partial charge in [-0.3, -0.25) is 0 Å². The van der Waals surface area contributed by atoms with E-state index in [0.29, 0.717) is 12.3 Å². The van der Waals surface area contributed by atoms with Crippen LogP contribution in [0.2, 0.25) is 0 Å². The minimum absolute atomic E-state index is 0.140. The van der Waals surface area contributed by atoms with Crippen LogP contribution in [0, 0.1) is 0 Å². The van der Waals surface area contributed by atoms with Crippen LogP contribution in [0.25, 0.3) is 10.8 Å². The van der Waals surface area contributed by atoms with Gasteiger partial charge in [0.1, 0.15) is 0 Å². The zero-order valence-corrected chi connectivity index (χ0v) is 13.2. The van der Waals surface area contributed by atoms with Crippen LogP contribution in [0.4, 0.5) is 5.69 Å². The lowest BCUT2D eigenvalue weighted by molar-refractivity contribution is 0.248. The topological polar surface area (TPSA) is 58.7 Å². The molecule has 0 bridgehead atoms. The van der Waals surface area contributed by atoms with E-state index in [4.69, 9.17) is 15.2 Å². The monoisotopic (exact) mass is 309 g/mol. The summed E-state index contributed by atoms with van der Waals surface area (Å²) in [4.78, 5) is 6.73. The molecule has 23 heavy (non-hydrogen) atoms. The lowest BCUT2D eigenvalue weighted by atomic mass is 10.1. The molecule has 3 rings (SSSR count). The minimum Gasteiger partial charge on any atom is -0.592 e. The Hall–Kier alpha value is -2.59. The lowest BCUT2D eigenvalue weighted by Crippen LogP contribution is -2.21. The molecule has 2 aromatic carbocycles. The van der Waals surface area contributed by atoms with E-state index in [1.54, 1.807) is 6.07 Å². The lowest BCUT2D eigenvalue weighted by Gasteiger charge is -2.21. The van der Waals surface area contributed by atoms with Crippen molar-refractivity contribution in [1.29, 1.82) is 0 Å². The quantitative estimate of drug-likeness (QED) is 0.882. The van der Waals surface area contributed by atoms with Gasteiger partial charge >= 0.3 is 0 Å². The van der Waals surface area contributed by atoms with Crippen molar-refractivity contribution in [1.82, 2.24) is 4.90 Å². The summed E-state index contributed by atoms with van der Waals surface area (Å²) in [6, 6.07) is 11.8. The molecule has 0 fully saturated rings. The number of benzene rings is 2. The number of fused-ring (bicyclic) bond motifs is 1. The normalized spacial score (nSPS) is 15.9. The van der Waals surface area contributed by atoms with Crippen molar-refractivity contribution in [3.8, 4) is 5.75 Å². The van der Waals surface area contributed by atoms with Crippen molar-refractivity contribution in [3.05, 3.63) is 60.3 Å². The SMILES string of the molecule is CN(CCO)C1=CCC(=Nc2c([OH2+])ccc3ccccc23)C=C1. The first kappa shape index (κ1) is 15.3. The van der Waals surface area contributed by atoms with Gasteiger partial charge in [-0.25, -0.2) is 4.99 Å². The van der Waals surface area contributed by atoms with Gasteiger partial charge in [0, 0.05) is 42.9 Å². The Morgan fingerprint density at radius 3 is 2.74 bits per heavy atom. The van der Waals surface area contributed by atoms with Gasteiger partial charge < -0.3 is 15.1 Å².